The number of hydrogen-bond donors (Lipinski definition) is 0. The molecule has 2 aliphatic rings. The average Bonchev–Trinajstić information content (AvgIpc) is 2.68. The van der Waals surface area contributed by atoms with Gasteiger partial charge in [-0.1, -0.05) is 25.7 Å². The predicted molar refractivity (Wildman–Crippen MR) is 74.3 cm³/mol. The highest BCUT2D eigenvalue weighted by molar-refractivity contribution is 5.03. The number of nitrogens with zero attached hydrogens (tertiary/aromatic N) is 3. The van der Waals surface area contributed by atoms with Crippen LogP contribution in [0.15, 0.2) is 0 Å². The van der Waals surface area contributed by atoms with Crippen LogP contribution in [0.3, 0.4) is 0 Å². The summed E-state index contributed by atoms with van der Waals surface area (Å²) >= 11 is 0. The van der Waals surface area contributed by atoms with Gasteiger partial charge >= 0.3 is 0 Å². The second-order valence-corrected chi connectivity index (χ2v) is 6.34. The van der Waals surface area contributed by atoms with Crippen LogP contribution in [0.2, 0.25) is 0 Å². The van der Waals surface area contributed by atoms with Crippen LogP contribution in [-0.4, -0.2) is 47.6 Å². The largest absolute Gasteiger partial charge is 0.298 e. The van der Waals surface area contributed by atoms with E-state index in [4.69, 9.17) is 0 Å². The second-order valence-electron chi connectivity index (χ2n) is 6.34. The maximum atomic E-state index is 9.19. The van der Waals surface area contributed by atoms with Gasteiger partial charge in [-0.25, -0.2) is 0 Å². The Kier molecular flexibility index (Phi) is 4.64. The molecule has 3 nitrogen and oxygen atoms in total. The Bertz CT molecular complexity index is 289. The highest BCUT2D eigenvalue weighted by Crippen LogP contribution is 2.24. The van der Waals surface area contributed by atoms with Gasteiger partial charge in [0.25, 0.3) is 0 Å². The zero-order chi connectivity index (χ0) is 13.0. The zero-order valence-electron chi connectivity index (χ0n) is 12.0. The Morgan fingerprint density at radius 3 is 2.00 bits per heavy atom. The summed E-state index contributed by atoms with van der Waals surface area (Å²) in [6, 6.07) is 3.24. The molecule has 0 unspecified atom stereocenters. The first-order valence-corrected chi connectivity index (χ1v) is 7.54. The van der Waals surface area contributed by atoms with Crippen molar-refractivity contribution in [3.05, 3.63) is 0 Å². The third-order valence-electron chi connectivity index (χ3n) is 4.72. The first-order chi connectivity index (χ1) is 8.63. The van der Waals surface area contributed by atoms with Crippen molar-refractivity contribution in [2.75, 3.05) is 26.2 Å². The molecule has 1 heterocycles. The van der Waals surface area contributed by atoms with Crippen molar-refractivity contribution >= 4 is 0 Å². The fourth-order valence-corrected chi connectivity index (χ4v) is 3.34. The van der Waals surface area contributed by atoms with Gasteiger partial charge in [-0.2, -0.15) is 5.26 Å². The molecule has 18 heavy (non-hydrogen) atoms. The molecule has 0 atom stereocenters. The van der Waals surface area contributed by atoms with E-state index in [1.807, 2.05) is 13.8 Å². The van der Waals surface area contributed by atoms with E-state index in [-0.39, 0.29) is 5.54 Å². The number of nitriles is 1. The van der Waals surface area contributed by atoms with Gasteiger partial charge < -0.3 is 0 Å². The van der Waals surface area contributed by atoms with Gasteiger partial charge in [0, 0.05) is 32.2 Å². The first-order valence-electron chi connectivity index (χ1n) is 7.54. The number of rotatable bonds is 2. The Morgan fingerprint density at radius 1 is 0.944 bits per heavy atom. The minimum Gasteiger partial charge on any atom is -0.298 e. The van der Waals surface area contributed by atoms with Crippen LogP contribution >= 0.6 is 0 Å². The van der Waals surface area contributed by atoms with Crippen molar-refractivity contribution in [3.63, 3.8) is 0 Å². The number of piperazine rings is 1. The molecule has 1 aliphatic carbocycles. The Balaban J connectivity index is 1.84. The molecule has 102 valence electrons. The van der Waals surface area contributed by atoms with Crippen molar-refractivity contribution < 1.29 is 0 Å². The van der Waals surface area contributed by atoms with Crippen LogP contribution in [0.5, 0.6) is 0 Å². The van der Waals surface area contributed by atoms with E-state index in [0.29, 0.717) is 0 Å². The molecule has 0 aromatic heterocycles. The minimum atomic E-state index is -0.296. The molecule has 0 spiro atoms. The van der Waals surface area contributed by atoms with Gasteiger partial charge in [0.2, 0.25) is 0 Å². The Labute approximate surface area is 112 Å². The SMILES string of the molecule is CC(C)(C#N)N1CCN(C2CCCCCC2)CC1. The van der Waals surface area contributed by atoms with E-state index in [9.17, 15) is 5.26 Å². The summed E-state index contributed by atoms with van der Waals surface area (Å²) in [4.78, 5) is 5.01. The molecule has 0 bridgehead atoms. The third-order valence-corrected chi connectivity index (χ3v) is 4.72. The fraction of sp³-hybridized carbons (Fsp3) is 0.933. The van der Waals surface area contributed by atoms with Gasteiger partial charge in [-0.3, -0.25) is 9.80 Å². The molecule has 3 heteroatoms. The van der Waals surface area contributed by atoms with Crippen molar-refractivity contribution in [1.82, 2.24) is 9.80 Å². The molecular weight excluding hydrogens is 222 g/mol. The molecule has 1 saturated carbocycles. The van der Waals surface area contributed by atoms with Crippen LogP contribution in [0, 0.1) is 11.3 Å². The lowest BCUT2D eigenvalue weighted by atomic mass is 10.0. The maximum absolute atomic E-state index is 9.19. The first kappa shape index (κ1) is 13.8. The van der Waals surface area contributed by atoms with E-state index >= 15 is 0 Å². The molecule has 0 aromatic rings. The van der Waals surface area contributed by atoms with Crippen LogP contribution in [0.25, 0.3) is 0 Å². The van der Waals surface area contributed by atoms with Gasteiger partial charge in [-0.15, -0.1) is 0 Å². The summed E-state index contributed by atoms with van der Waals surface area (Å²) in [5, 5.41) is 9.19. The predicted octanol–water partition coefficient (Wildman–Crippen LogP) is 2.63. The summed E-state index contributed by atoms with van der Waals surface area (Å²) in [5.41, 5.74) is -0.296. The zero-order valence-corrected chi connectivity index (χ0v) is 12.0. The van der Waals surface area contributed by atoms with Crippen LogP contribution in [0.4, 0.5) is 0 Å². The molecular formula is C15H27N3. The molecule has 1 saturated heterocycles. The topological polar surface area (TPSA) is 30.3 Å². The van der Waals surface area contributed by atoms with Crippen molar-refractivity contribution in [3.8, 4) is 6.07 Å². The van der Waals surface area contributed by atoms with Gasteiger partial charge in [-0.05, 0) is 26.7 Å². The monoisotopic (exact) mass is 249 g/mol. The summed E-state index contributed by atoms with van der Waals surface area (Å²) in [6.45, 7) is 8.47. The van der Waals surface area contributed by atoms with E-state index < -0.39 is 0 Å². The van der Waals surface area contributed by atoms with Crippen LogP contribution in [-0.2, 0) is 0 Å². The molecule has 0 amide bonds. The highest BCUT2D eigenvalue weighted by Gasteiger charge is 2.31. The Morgan fingerprint density at radius 2 is 1.50 bits per heavy atom. The Hall–Kier alpha value is -0.590. The molecule has 2 fully saturated rings. The van der Waals surface area contributed by atoms with E-state index in [1.54, 1.807) is 0 Å². The normalized spacial score (nSPS) is 25.6. The lowest BCUT2D eigenvalue weighted by molar-refractivity contribution is 0.0520. The summed E-state index contributed by atoms with van der Waals surface area (Å²) in [6.07, 6.45) is 8.46. The summed E-state index contributed by atoms with van der Waals surface area (Å²) in [7, 11) is 0. The molecule has 0 aromatic carbocycles. The molecule has 0 N–H and O–H groups in total. The minimum absolute atomic E-state index is 0.296. The van der Waals surface area contributed by atoms with Crippen LogP contribution < -0.4 is 0 Å². The van der Waals surface area contributed by atoms with Gasteiger partial charge in [0.05, 0.1) is 6.07 Å². The van der Waals surface area contributed by atoms with E-state index in [2.05, 4.69) is 15.9 Å². The van der Waals surface area contributed by atoms with Crippen molar-refractivity contribution in [1.29, 1.82) is 5.26 Å². The molecule has 0 radical (unpaired) electrons. The van der Waals surface area contributed by atoms with E-state index in [1.165, 1.54) is 38.5 Å². The highest BCUT2D eigenvalue weighted by atomic mass is 15.3. The van der Waals surface area contributed by atoms with Gasteiger partial charge in [0.15, 0.2) is 0 Å². The number of hydrogen-bond acceptors (Lipinski definition) is 3. The third kappa shape index (κ3) is 3.24. The standard InChI is InChI=1S/C15H27N3/c1-15(2,13-16)18-11-9-17(10-12-18)14-7-5-3-4-6-8-14/h14H,3-12H2,1-2H3. The van der Waals surface area contributed by atoms with E-state index in [0.717, 1.165) is 32.2 Å². The smallest absolute Gasteiger partial charge is 0.103 e. The maximum Gasteiger partial charge on any atom is 0.103 e. The fourth-order valence-electron chi connectivity index (χ4n) is 3.34. The molecule has 2 rings (SSSR count). The lowest BCUT2D eigenvalue weighted by Crippen LogP contribution is -2.56. The quantitative estimate of drug-likeness (QED) is 0.705. The van der Waals surface area contributed by atoms with Crippen molar-refractivity contribution in [2.45, 2.75) is 64.0 Å². The average molecular weight is 249 g/mol. The van der Waals surface area contributed by atoms with Gasteiger partial charge in [0.1, 0.15) is 5.54 Å². The molecule has 1 aliphatic heterocycles. The summed E-state index contributed by atoms with van der Waals surface area (Å²) < 4.78 is 0. The second kappa shape index (κ2) is 6.04. The van der Waals surface area contributed by atoms with Crippen LogP contribution in [0.1, 0.15) is 52.4 Å². The summed E-state index contributed by atoms with van der Waals surface area (Å²) in [5.74, 6) is 0. The lowest BCUT2D eigenvalue weighted by Gasteiger charge is -2.43. The van der Waals surface area contributed by atoms with Crippen molar-refractivity contribution in [2.24, 2.45) is 0 Å².